The van der Waals surface area contributed by atoms with Crippen molar-refractivity contribution in [1.82, 2.24) is 4.90 Å². The van der Waals surface area contributed by atoms with E-state index in [1.807, 2.05) is 18.7 Å². The van der Waals surface area contributed by atoms with E-state index < -0.39 is 5.60 Å². The highest BCUT2D eigenvalue weighted by Gasteiger charge is 2.35. The van der Waals surface area contributed by atoms with Crippen molar-refractivity contribution in [2.45, 2.75) is 57.6 Å². The zero-order valence-corrected chi connectivity index (χ0v) is 11.4. The van der Waals surface area contributed by atoms with Gasteiger partial charge in [0.05, 0.1) is 0 Å². The molecule has 0 aromatic heterocycles. The molecule has 1 fully saturated rings. The predicted molar refractivity (Wildman–Crippen MR) is 68.7 cm³/mol. The quantitative estimate of drug-likeness (QED) is 0.768. The van der Waals surface area contributed by atoms with Crippen LogP contribution in [-0.4, -0.2) is 42.6 Å². The van der Waals surface area contributed by atoms with Gasteiger partial charge in [0.15, 0.2) is 0 Å². The van der Waals surface area contributed by atoms with Crippen molar-refractivity contribution in [2.24, 2.45) is 5.73 Å². The Morgan fingerprint density at radius 2 is 2.00 bits per heavy atom. The van der Waals surface area contributed by atoms with E-state index >= 15 is 0 Å². The number of amides is 1. The lowest BCUT2D eigenvalue weighted by Gasteiger charge is -2.35. The average molecular weight is 242 g/mol. The van der Waals surface area contributed by atoms with E-state index in [4.69, 9.17) is 10.5 Å². The molecule has 0 aromatic carbocycles. The highest BCUT2D eigenvalue weighted by molar-refractivity contribution is 5.84. The van der Waals surface area contributed by atoms with Crippen molar-refractivity contribution in [1.29, 1.82) is 0 Å². The maximum atomic E-state index is 12.4. The molecule has 1 saturated carbocycles. The zero-order valence-electron chi connectivity index (χ0n) is 11.4. The molecule has 0 atom stereocenters. The Labute approximate surface area is 104 Å². The Morgan fingerprint density at radius 1 is 1.41 bits per heavy atom. The van der Waals surface area contributed by atoms with Gasteiger partial charge in [-0.25, -0.2) is 0 Å². The van der Waals surface area contributed by atoms with Gasteiger partial charge in [-0.05, 0) is 39.7 Å². The fourth-order valence-corrected chi connectivity index (χ4v) is 2.36. The molecule has 0 aromatic rings. The van der Waals surface area contributed by atoms with Gasteiger partial charge in [0.2, 0.25) is 0 Å². The number of methoxy groups -OCH3 is 1. The molecule has 0 aliphatic heterocycles. The second-order valence-electron chi connectivity index (χ2n) is 5.29. The van der Waals surface area contributed by atoms with E-state index in [2.05, 4.69) is 0 Å². The fourth-order valence-electron chi connectivity index (χ4n) is 2.36. The first-order chi connectivity index (χ1) is 8.03. The third kappa shape index (κ3) is 3.68. The Kier molecular flexibility index (Phi) is 5.40. The van der Waals surface area contributed by atoms with Crippen LogP contribution in [0.5, 0.6) is 0 Å². The van der Waals surface area contributed by atoms with E-state index in [0.29, 0.717) is 12.6 Å². The number of nitrogens with two attached hydrogens (primary N) is 1. The predicted octanol–water partition coefficient (Wildman–Crippen LogP) is 1.53. The van der Waals surface area contributed by atoms with E-state index in [1.165, 1.54) is 12.8 Å². The maximum Gasteiger partial charge on any atom is 0.254 e. The molecule has 100 valence electrons. The van der Waals surface area contributed by atoms with Crippen LogP contribution in [0.3, 0.4) is 0 Å². The zero-order chi connectivity index (χ0) is 12.9. The summed E-state index contributed by atoms with van der Waals surface area (Å²) in [5, 5.41) is 0. The van der Waals surface area contributed by atoms with Gasteiger partial charge in [-0.3, -0.25) is 4.79 Å². The van der Waals surface area contributed by atoms with Gasteiger partial charge in [-0.2, -0.15) is 0 Å². The van der Waals surface area contributed by atoms with Gasteiger partial charge in [0.25, 0.3) is 5.91 Å². The third-order valence-electron chi connectivity index (χ3n) is 3.65. The molecule has 17 heavy (non-hydrogen) atoms. The van der Waals surface area contributed by atoms with Gasteiger partial charge in [0.1, 0.15) is 5.60 Å². The normalized spacial score (nSPS) is 17.4. The van der Waals surface area contributed by atoms with Crippen LogP contribution in [-0.2, 0) is 9.53 Å². The average Bonchev–Trinajstić information content (AvgIpc) is 2.83. The summed E-state index contributed by atoms with van der Waals surface area (Å²) in [4.78, 5) is 14.4. The van der Waals surface area contributed by atoms with Crippen LogP contribution in [0.1, 0.15) is 46.0 Å². The minimum atomic E-state index is -0.725. The molecule has 0 spiro atoms. The molecule has 2 N–H and O–H groups in total. The summed E-state index contributed by atoms with van der Waals surface area (Å²) in [6, 6.07) is 0.392. The molecular weight excluding hydrogens is 216 g/mol. The number of ether oxygens (including phenoxy) is 1. The second kappa shape index (κ2) is 6.36. The van der Waals surface area contributed by atoms with Crippen LogP contribution in [0.2, 0.25) is 0 Å². The largest absolute Gasteiger partial charge is 0.369 e. The molecule has 4 heteroatoms. The summed E-state index contributed by atoms with van der Waals surface area (Å²) < 4.78 is 5.30. The van der Waals surface area contributed by atoms with Crippen molar-refractivity contribution in [3.63, 3.8) is 0 Å². The number of carbonyl (C=O) groups excluding carboxylic acids is 1. The van der Waals surface area contributed by atoms with Crippen molar-refractivity contribution >= 4 is 5.91 Å². The molecule has 1 aliphatic rings. The molecule has 0 bridgehead atoms. The van der Waals surface area contributed by atoms with Crippen molar-refractivity contribution in [3.8, 4) is 0 Å². The highest BCUT2D eigenvalue weighted by Crippen LogP contribution is 2.26. The van der Waals surface area contributed by atoms with Crippen LogP contribution in [0.4, 0.5) is 0 Å². The number of rotatable bonds is 6. The van der Waals surface area contributed by atoms with Crippen LogP contribution < -0.4 is 5.73 Å². The smallest absolute Gasteiger partial charge is 0.254 e. The molecular formula is C13H26N2O2. The summed E-state index contributed by atoms with van der Waals surface area (Å²) in [7, 11) is 1.59. The van der Waals surface area contributed by atoms with Gasteiger partial charge in [-0.15, -0.1) is 0 Å². The first-order valence-electron chi connectivity index (χ1n) is 6.59. The number of nitrogens with zero attached hydrogens (tertiary/aromatic N) is 1. The minimum Gasteiger partial charge on any atom is -0.369 e. The Bertz CT molecular complexity index is 248. The van der Waals surface area contributed by atoms with Crippen LogP contribution in [0, 0.1) is 0 Å². The molecule has 0 unspecified atom stereocenters. The monoisotopic (exact) mass is 242 g/mol. The minimum absolute atomic E-state index is 0.0975. The standard InChI is InChI=1S/C13H26N2O2/c1-13(2,17-3)12(16)15(10-6-9-14)11-7-4-5-8-11/h11H,4-10,14H2,1-3H3. The maximum absolute atomic E-state index is 12.4. The summed E-state index contributed by atoms with van der Waals surface area (Å²) in [6.07, 6.45) is 5.56. The van der Waals surface area contributed by atoms with E-state index in [-0.39, 0.29) is 5.91 Å². The summed E-state index contributed by atoms with van der Waals surface area (Å²) in [5.74, 6) is 0.0975. The third-order valence-corrected chi connectivity index (χ3v) is 3.65. The molecule has 4 nitrogen and oxygen atoms in total. The number of carbonyl (C=O) groups is 1. The molecule has 0 radical (unpaired) electrons. The van der Waals surface area contributed by atoms with Gasteiger partial charge in [-0.1, -0.05) is 12.8 Å². The lowest BCUT2D eigenvalue weighted by atomic mass is 10.0. The Balaban J connectivity index is 2.70. The van der Waals surface area contributed by atoms with Gasteiger partial charge >= 0.3 is 0 Å². The molecule has 1 aliphatic carbocycles. The van der Waals surface area contributed by atoms with E-state index in [9.17, 15) is 4.79 Å². The fraction of sp³-hybridized carbons (Fsp3) is 0.923. The molecule has 1 rings (SSSR count). The van der Waals surface area contributed by atoms with Crippen LogP contribution >= 0.6 is 0 Å². The van der Waals surface area contributed by atoms with E-state index in [0.717, 1.165) is 25.8 Å². The van der Waals surface area contributed by atoms with Crippen molar-refractivity contribution in [3.05, 3.63) is 0 Å². The summed E-state index contributed by atoms with van der Waals surface area (Å²) in [6.45, 7) is 5.05. The Morgan fingerprint density at radius 3 is 2.47 bits per heavy atom. The number of hydrogen-bond donors (Lipinski definition) is 1. The van der Waals surface area contributed by atoms with Crippen LogP contribution in [0.15, 0.2) is 0 Å². The van der Waals surface area contributed by atoms with Gasteiger partial charge < -0.3 is 15.4 Å². The topological polar surface area (TPSA) is 55.6 Å². The van der Waals surface area contributed by atoms with E-state index in [1.54, 1.807) is 7.11 Å². The molecule has 0 heterocycles. The number of hydrogen-bond acceptors (Lipinski definition) is 3. The Hall–Kier alpha value is -0.610. The summed E-state index contributed by atoms with van der Waals surface area (Å²) in [5.41, 5.74) is 4.82. The second-order valence-corrected chi connectivity index (χ2v) is 5.29. The lowest BCUT2D eigenvalue weighted by molar-refractivity contribution is -0.153. The first-order valence-corrected chi connectivity index (χ1v) is 6.59. The first kappa shape index (κ1) is 14.5. The SMILES string of the molecule is COC(C)(C)C(=O)N(CCCN)C1CCCC1. The van der Waals surface area contributed by atoms with Gasteiger partial charge in [0, 0.05) is 19.7 Å². The van der Waals surface area contributed by atoms with Crippen LogP contribution in [0.25, 0.3) is 0 Å². The molecule has 1 amide bonds. The van der Waals surface area contributed by atoms with Crippen molar-refractivity contribution < 1.29 is 9.53 Å². The highest BCUT2D eigenvalue weighted by atomic mass is 16.5. The van der Waals surface area contributed by atoms with Crippen molar-refractivity contribution in [2.75, 3.05) is 20.2 Å². The lowest BCUT2D eigenvalue weighted by Crippen LogP contribution is -2.50. The molecule has 0 saturated heterocycles. The summed E-state index contributed by atoms with van der Waals surface area (Å²) >= 11 is 0.